The number of methoxy groups -OCH3 is 1. The van der Waals surface area contributed by atoms with Crippen LogP contribution in [0.25, 0.3) is 0 Å². The molecule has 0 bridgehead atoms. The monoisotopic (exact) mass is 332 g/mol. The fourth-order valence-corrected chi connectivity index (χ4v) is 2.17. The molecule has 7 nitrogen and oxygen atoms in total. The van der Waals surface area contributed by atoms with Gasteiger partial charge < -0.3 is 19.5 Å². The van der Waals surface area contributed by atoms with Crippen LogP contribution in [0.3, 0.4) is 0 Å². The second-order valence-corrected chi connectivity index (χ2v) is 5.29. The summed E-state index contributed by atoms with van der Waals surface area (Å²) < 4.78 is 10.6. The highest BCUT2D eigenvalue weighted by Crippen LogP contribution is 2.19. The molecule has 0 amide bonds. The highest BCUT2D eigenvalue weighted by Gasteiger charge is 2.11. The first-order valence-electron chi connectivity index (χ1n) is 7.40. The lowest BCUT2D eigenvalue weighted by Gasteiger charge is -2.23. The predicted molar refractivity (Wildman–Crippen MR) is 90.9 cm³/mol. The Morgan fingerprint density at radius 1 is 1.12 bits per heavy atom. The van der Waals surface area contributed by atoms with Crippen molar-refractivity contribution in [3.05, 3.63) is 58.6 Å². The Balaban J connectivity index is 1.83. The Morgan fingerprint density at radius 2 is 1.71 bits per heavy atom. The minimum atomic E-state index is -0.702. The van der Waals surface area contributed by atoms with Gasteiger partial charge in [0, 0.05) is 31.4 Å². The molecule has 7 heteroatoms. The smallest absolute Gasteiger partial charge is 0.269 e. The van der Waals surface area contributed by atoms with E-state index in [0.29, 0.717) is 12.3 Å². The van der Waals surface area contributed by atoms with E-state index in [1.54, 1.807) is 7.11 Å². The van der Waals surface area contributed by atoms with Crippen LogP contribution in [0.5, 0.6) is 11.5 Å². The Labute approximate surface area is 140 Å². The molecule has 2 rings (SSSR count). The van der Waals surface area contributed by atoms with Crippen molar-refractivity contribution in [2.45, 2.75) is 6.10 Å². The normalized spacial score (nSPS) is 11.6. The van der Waals surface area contributed by atoms with E-state index in [9.17, 15) is 15.2 Å². The van der Waals surface area contributed by atoms with Crippen molar-refractivity contribution >= 4 is 11.4 Å². The zero-order valence-electron chi connectivity index (χ0n) is 13.6. The van der Waals surface area contributed by atoms with Gasteiger partial charge in [-0.15, -0.1) is 0 Å². The molecule has 0 fully saturated rings. The fourth-order valence-electron chi connectivity index (χ4n) is 2.17. The molecule has 2 aromatic rings. The summed E-state index contributed by atoms with van der Waals surface area (Å²) in [6.45, 7) is 0.484. The van der Waals surface area contributed by atoms with Crippen LogP contribution in [0.4, 0.5) is 11.4 Å². The first-order chi connectivity index (χ1) is 11.5. The van der Waals surface area contributed by atoms with Gasteiger partial charge in [0.15, 0.2) is 0 Å². The molecule has 0 aromatic heterocycles. The van der Waals surface area contributed by atoms with Crippen LogP contribution in [-0.4, -0.2) is 43.4 Å². The molecule has 0 radical (unpaired) electrons. The molecule has 2 aromatic carbocycles. The number of aliphatic hydroxyl groups is 1. The number of nitrogens with zero attached hydrogens (tertiary/aromatic N) is 2. The largest absolute Gasteiger partial charge is 0.497 e. The standard InChI is InChI=1S/C17H20N2O5/c1-18(13-3-7-16(23-2)8-4-13)11-15(20)12-24-17-9-5-14(6-10-17)19(21)22/h3-10,15,20H,11-12H2,1-2H3. The van der Waals surface area contributed by atoms with Crippen molar-refractivity contribution in [3.63, 3.8) is 0 Å². The zero-order chi connectivity index (χ0) is 17.5. The number of nitro groups is 1. The van der Waals surface area contributed by atoms with Gasteiger partial charge in [0.25, 0.3) is 5.69 Å². The maximum atomic E-state index is 10.6. The third-order valence-electron chi connectivity index (χ3n) is 3.49. The maximum Gasteiger partial charge on any atom is 0.269 e. The first kappa shape index (κ1) is 17.6. The van der Waals surface area contributed by atoms with Crippen LogP contribution in [0.1, 0.15) is 0 Å². The molecule has 0 aliphatic rings. The molecule has 0 saturated carbocycles. The third kappa shape index (κ3) is 4.85. The van der Waals surface area contributed by atoms with E-state index in [2.05, 4.69) is 0 Å². The summed E-state index contributed by atoms with van der Waals surface area (Å²) in [4.78, 5) is 12.0. The average Bonchev–Trinajstić information content (AvgIpc) is 2.60. The lowest BCUT2D eigenvalue weighted by Crippen LogP contribution is -2.33. The highest BCUT2D eigenvalue weighted by atomic mass is 16.6. The Hall–Kier alpha value is -2.80. The average molecular weight is 332 g/mol. The number of ether oxygens (including phenoxy) is 2. The molecule has 0 aliphatic heterocycles. The van der Waals surface area contributed by atoms with Gasteiger partial charge >= 0.3 is 0 Å². The predicted octanol–water partition coefficient (Wildman–Crippen LogP) is 2.48. The molecule has 1 atom stereocenters. The van der Waals surface area contributed by atoms with Crippen molar-refractivity contribution in [1.82, 2.24) is 0 Å². The van der Waals surface area contributed by atoms with Gasteiger partial charge in [0.1, 0.15) is 24.2 Å². The van der Waals surface area contributed by atoms with E-state index in [1.165, 1.54) is 24.3 Å². The van der Waals surface area contributed by atoms with Gasteiger partial charge in [0.05, 0.1) is 12.0 Å². The number of hydrogen-bond donors (Lipinski definition) is 1. The summed E-state index contributed by atoms with van der Waals surface area (Å²) in [6, 6.07) is 13.3. The van der Waals surface area contributed by atoms with Gasteiger partial charge in [-0.3, -0.25) is 10.1 Å². The Bertz CT molecular complexity index is 658. The Kier molecular flexibility index (Phi) is 5.97. The molecule has 0 saturated heterocycles. The molecule has 128 valence electrons. The van der Waals surface area contributed by atoms with Crippen molar-refractivity contribution in [2.24, 2.45) is 0 Å². The minimum absolute atomic E-state index is 0.00198. The van der Waals surface area contributed by atoms with Crippen LogP contribution in [0.15, 0.2) is 48.5 Å². The number of aliphatic hydroxyl groups excluding tert-OH is 1. The van der Waals surface area contributed by atoms with Crippen LogP contribution >= 0.6 is 0 Å². The highest BCUT2D eigenvalue weighted by molar-refractivity contribution is 5.48. The van der Waals surface area contributed by atoms with E-state index < -0.39 is 11.0 Å². The fraction of sp³-hybridized carbons (Fsp3) is 0.294. The number of benzene rings is 2. The van der Waals surface area contributed by atoms with Gasteiger partial charge in [-0.05, 0) is 36.4 Å². The molecule has 24 heavy (non-hydrogen) atoms. The molecule has 1 unspecified atom stereocenters. The van der Waals surface area contributed by atoms with Crippen LogP contribution < -0.4 is 14.4 Å². The van der Waals surface area contributed by atoms with Gasteiger partial charge in [-0.2, -0.15) is 0 Å². The molecule has 0 heterocycles. The molecular formula is C17H20N2O5. The van der Waals surface area contributed by atoms with Crippen molar-refractivity contribution in [3.8, 4) is 11.5 Å². The summed E-state index contributed by atoms with van der Waals surface area (Å²) in [6.07, 6.45) is -0.702. The minimum Gasteiger partial charge on any atom is -0.497 e. The second kappa shape index (κ2) is 8.16. The lowest BCUT2D eigenvalue weighted by atomic mass is 10.2. The van der Waals surface area contributed by atoms with Crippen LogP contribution in [-0.2, 0) is 0 Å². The second-order valence-electron chi connectivity index (χ2n) is 5.29. The van der Waals surface area contributed by atoms with E-state index in [-0.39, 0.29) is 12.3 Å². The molecule has 0 aliphatic carbocycles. The topological polar surface area (TPSA) is 85.1 Å². The third-order valence-corrected chi connectivity index (χ3v) is 3.49. The summed E-state index contributed by atoms with van der Waals surface area (Å²) in [7, 11) is 3.48. The number of non-ortho nitro benzene ring substituents is 1. The van der Waals surface area contributed by atoms with E-state index in [0.717, 1.165) is 11.4 Å². The summed E-state index contributed by atoms with van der Waals surface area (Å²) in [5.41, 5.74) is 0.951. The molecule has 0 spiro atoms. The summed E-state index contributed by atoms with van der Waals surface area (Å²) in [5.74, 6) is 1.25. The summed E-state index contributed by atoms with van der Waals surface area (Å²) in [5, 5.41) is 20.7. The van der Waals surface area contributed by atoms with E-state index in [4.69, 9.17) is 9.47 Å². The van der Waals surface area contributed by atoms with Crippen LogP contribution in [0.2, 0.25) is 0 Å². The summed E-state index contributed by atoms with van der Waals surface area (Å²) >= 11 is 0. The van der Waals surface area contributed by atoms with Crippen LogP contribution in [0, 0.1) is 10.1 Å². The van der Waals surface area contributed by atoms with Crippen molar-refractivity contribution < 1.29 is 19.5 Å². The van der Waals surface area contributed by atoms with Gasteiger partial charge in [0.2, 0.25) is 0 Å². The number of hydrogen-bond acceptors (Lipinski definition) is 6. The quantitative estimate of drug-likeness (QED) is 0.590. The van der Waals surface area contributed by atoms with Gasteiger partial charge in [-0.25, -0.2) is 0 Å². The number of likely N-dealkylation sites (N-methyl/N-ethyl adjacent to an activating group) is 1. The lowest BCUT2D eigenvalue weighted by molar-refractivity contribution is -0.384. The van der Waals surface area contributed by atoms with Crippen molar-refractivity contribution in [1.29, 1.82) is 0 Å². The SMILES string of the molecule is COc1ccc(N(C)CC(O)COc2ccc([N+](=O)[O-])cc2)cc1. The zero-order valence-corrected chi connectivity index (χ0v) is 13.6. The van der Waals surface area contributed by atoms with Gasteiger partial charge in [-0.1, -0.05) is 0 Å². The van der Waals surface area contributed by atoms with Crippen molar-refractivity contribution in [2.75, 3.05) is 32.2 Å². The number of anilines is 1. The number of nitro benzene ring substituents is 1. The first-order valence-corrected chi connectivity index (χ1v) is 7.40. The number of rotatable bonds is 8. The molecular weight excluding hydrogens is 312 g/mol. The molecule has 1 N–H and O–H groups in total. The van der Waals surface area contributed by atoms with E-state index >= 15 is 0 Å². The Morgan fingerprint density at radius 3 is 2.25 bits per heavy atom. The maximum absolute atomic E-state index is 10.6. The van der Waals surface area contributed by atoms with E-state index in [1.807, 2.05) is 36.2 Å².